The van der Waals surface area contributed by atoms with E-state index in [-0.39, 0.29) is 17.9 Å². The SMILES string of the molecule is CC1CC(C(=O)Nc2ccc(-c3ccc(Cl)cc3Cl)nc2)CCO1. The number of ether oxygens (including phenoxy) is 1. The standard InChI is InChI=1S/C18H18Cl2N2O2/c1-11-8-12(6-7-24-11)18(23)22-14-3-5-17(21-10-14)15-4-2-13(19)9-16(15)20/h2-5,9-12H,6-8H2,1H3,(H,22,23). The van der Waals surface area contributed by atoms with Crippen molar-refractivity contribution in [2.75, 3.05) is 11.9 Å². The van der Waals surface area contributed by atoms with E-state index in [4.69, 9.17) is 27.9 Å². The van der Waals surface area contributed by atoms with Crippen LogP contribution >= 0.6 is 23.2 Å². The predicted molar refractivity (Wildman–Crippen MR) is 96.5 cm³/mol. The number of nitrogens with one attached hydrogen (secondary N) is 1. The second kappa shape index (κ2) is 7.51. The van der Waals surface area contributed by atoms with Crippen molar-refractivity contribution < 1.29 is 9.53 Å². The lowest BCUT2D eigenvalue weighted by Gasteiger charge is -2.26. The highest BCUT2D eigenvalue weighted by molar-refractivity contribution is 6.36. The zero-order valence-corrected chi connectivity index (χ0v) is 14.8. The fourth-order valence-corrected chi connectivity index (χ4v) is 3.31. The van der Waals surface area contributed by atoms with Gasteiger partial charge in [-0.25, -0.2) is 0 Å². The normalized spacial score (nSPS) is 20.6. The van der Waals surface area contributed by atoms with Crippen LogP contribution in [-0.4, -0.2) is 23.6 Å². The molecule has 126 valence electrons. The minimum Gasteiger partial charge on any atom is -0.378 e. The van der Waals surface area contributed by atoms with Crippen LogP contribution in [0.3, 0.4) is 0 Å². The number of benzene rings is 1. The van der Waals surface area contributed by atoms with E-state index in [1.54, 1.807) is 18.3 Å². The van der Waals surface area contributed by atoms with Crippen LogP contribution in [0.4, 0.5) is 5.69 Å². The summed E-state index contributed by atoms with van der Waals surface area (Å²) >= 11 is 12.1. The van der Waals surface area contributed by atoms with Gasteiger partial charge in [-0.1, -0.05) is 23.2 Å². The number of anilines is 1. The van der Waals surface area contributed by atoms with Crippen LogP contribution in [-0.2, 0) is 9.53 Å². The van der Waals surface area contributed by atoms with Crippen LogP contribution < -0.4 is 5.32 Å². The molecule has 0 spiro atoms. The second-order valence-corrected chi connectivity index (χ2v) is 6.79. The third-order valence-electron chi connectivity index (χ3n) is 4.09. The molecule has 0 aliphatic carbocycles. The van der Waals surface area contributed by atoms with Crippen molar-refractivity contribution in [3.05, 3.63) is 46.6 Å². The summed E-state index contributed by atoms with van der Waals surface area (Å²) in [5.41, 5.74) is 2.21. The molecule has 1 amide bonds. The summed E-state index contributed by atoms with van der Waals surface area (Å²) in [5, 5.41) is 4.05. The first-order valence-corrected chi connectivity index (χ1v) is 8.62. The monoisotopic (exact) mass is 364 g/mol. The minimum absolute atomic E-state index is 0.0147. The number of hydrogen-bond donors (Lipinski definition) is 1. The third-order valence-corrected chi connectivity index (χ3v) is 4.64. The molecule has 1 saturated heterocycles. The number of aromatic nitrogens is 1. The van der Waals surface area contributed by atoms with Gasteiger partial charge in [0.15, 0.2) is 0 Å². The average molecular weight is 365 g/mol. The molecule has 4 nitrogen and oxygen atoms in total. The molecule has 2 heterocycles. The largest absolute Gasteiger partial charge is 0.378 e. The topological polar surface area (TPSA) is 51.2 Å². The molecule has 24 heavy (non-hydrogen) atoms. The smallest absolute Gasteiger partial charge is 0.227 e. The van der Waals surface area contributed by atoms with E-state index in [0.29, 0.717) is 22.3 Å². The van der Waals surface area contributed by atoms with E-state index < -0.39 is 0 Å². The number of rotatable bonds is 3. The highest BCUT2D eigenvalue weighted by atomic mass is 35.5. The zero-order chi connectivity index (χ0) is 17.1. The van der Waals surface area contributed by atoms with Crippen molar-refractivity contribution >= 4 is 34.8 Å². The Kier molecular flexibility index (Phi) is 5.39. The van der Waals surface area contributed by atoms with Gasteiger partial charge in [0.2, 0.25) is 5.91 Å². The first kappa shape index (κ1) is 17.2. The molecule has 6 heteroatoms. The van der Waals surface area contributed by atoms with Gasteiger partial charge in [-0.15, -0.1) is 0 Å². The third kappa shape index (κ3) is 4.07. The Labute approximate surface area is 151 Å². The van der Waals surface area contributed by atoms with Gasteiger partial charge in [-0.2, -0.15) is 0 Å². The number of halogens is 2. The summed E-state index contributed by atoms with van der Waals surface area (Å²) in [6, 6.07) is 8.94. The van der Waals surface area contributed by atoms with E-state index in [0.717, 1.165) is 24.1 Å². The van der Waals surface area contributed by atoms with Gasteiger partial charge in [0, 0.05) is 23.1 Å². The number of hydrogen-bond acceptors (Lipinski definition) is 3. The Morgan fingerprint density at radius 2 is 2.12 bits per heavy atom. The fraction of sp³-hybridized carbons (Fsp3) is 0.333. The molecule has 3 rings (SSSR count). The maximum Gasteiger partial charge on any atom is 0.227 e. The predicted octanol–water partition coefficient (Wildman–Crippen LogP) is 4.81. The fourth-order valence-electron chi connectivity index (χ4n) is 2.80. The molecule has 1 N–H and O–H groups in total. The van der Waals surface area contributed by atoms with Gasteiger partial charge in [-0.05, 0) is 50.1 Å². The maximum atomic E-state index is 12.3. The lowest BCUT2D eigenvalue weighted by molar-refractivity contribution is -0.124. The first-order chi connectivity index (χ1) is 11.5. The van der Waals surface area contributed by atoms with Crippen LogP contribution in [0.15, 0.2) is 36.5 Å². The molecule has 0 radical (unpaired) electrons. The quantitative estimate of drug-likeness (QED) is 0.849. The van der Waals surface area contributed by atoms with Gasteiger partial charge < -0.3 is 10.1 Å². The molecule has 2 aromatic rings. The molecule has 0 saturated carbocycles. The molecule has 1 aromatic heterocycles. The summed E-state index contributed by atoms with van der Waals surface area (Å²) in [4.78, 5) is 16.7. The van der Waals surface area contributed by atoms with Crippen LogP contribution in [0.25, 0.3) is 11.3 Å². The summed E-state index contributed by atoms with van der Waals surface area (Å²) in [6.07, 6.45) is 3.27. The summed E-state index contributed by atoms with van der Waals surface area (Å²) in [6.45, 7) is 2.62. The molecule has 1 aliphatic rings. The maximum absolute atomic E-state index is 12.3. The molecule has 2 unspecified atom stereocenters. The zero-order valence-electron chi connectivity index (χ0n) is 13.3. The Morgan fingerprint density at radius 3 is 2.79 bits per heavy atom. The number of amides is 1. The average Bonchev–Trinajstić information content (AvgIpc) is 2.56. The van der Waals surface area contributed by atoms with E-state index >= 15 is 0 Å². The number of nitrogens with zero attached hydrogens (tertiary/aromatic N) is 1. The first-order valence-electron chi connectivity index (χ1n) is 7.87. The molecule has 2 atom stereocenters. The lowest BCUT2D eigenvalue weighted by Crippen LogP contribution is -2.32. The lowest BCUT2D eigenvalue weighted by atomic mass is 9.95. The molecule has 1 aliphatic heterocycles. The van der Waals surface area contributed by atoms with Crippen molar-refractivity contribution in [2.24, 2.45) is 5.92 Å². The molecule has 0 bridgehead atoms. The molecular weight excluding hydrogens is 347 g/mol. The number of carbonyl (C=O) groups is 1. The van der Waals surface area contributed by atoms with Crippen LogP contribution in [0.1, 0.15) is 19.8 Å². The Morgan fingerprint density at radius 1 is 1.29 bits per heavy atom. The van der Waals surface area contributed by atoms with Crippen molar-refractivity contribution in [1.82, 2.24) is 4.98 Å². The summed E-state index contributed by atoms with van der Waals surface area (Å²) in [7, 11) is 0. The van der Waals surface area contributed by atoms with Gasteiger partial charge in [0.25, 0.3) is 0 Å². The second-order valence-electron chi connectivity index (χ2n) is 5.95. The Bertz CT molecular complexity index is 734. The van der Waals surface area contributed by atoms with Crippen LogP contribution in [0, 0.1) is 5.92 Å². The van der Waals surface area contributed by atoms with Gasteiger partial charge in [-0.3, -0.25) is 9.78 Å². The molecule has 1 fully saturated rings. The minimum atomic E-state index is -0.0147. The Balaban J connectivity index is 1.69. The van der Waals surface area contributed by atoms with E-state index in [9.17, 15) is 4.79 Å². The van der Waals surface area contributed by atoms with E-state index in [1.807, 2.05) is 25.1 Å². The van der Waals surface area contributed by atoms with Crippen LogP contribution in [0.2, 0.25) is 10.0 Å². The highest BCUT2D eigenvalue weighted by Gasteiger charge is 2.25. The molecule has 1 aromatic carbocycles. The van der Waals surface area contributed by atoms with Crippen molar-refractivity contribution in [2.45, 2.75) is 25.9 Å². The van der Waals surface area contributed by atoms with Crippen molar-refractivity contribution in [3.63, 3.8) is 0 Å². The highest BCUT2D eigenvalue weighted by Crippen LogP contribution is 2.29. The number of pyridine rings is 1. The van der Waals surface area contributed by atoms with Gasteiger partial charge >= 0.3 is 0 Å². The Hall–Kier alpha value is -1.62. The van der Waals surface area contributed by atoms with E-state index in [1.165, 1.54) is 0 Å². The van der Waals surface area contributed by atoms with Gasteiger partial charge in [0.05, 0.1) is 28.7 Å². The molecular formula is C18H18Cl2N2O2. The van der Waals surface area contributed by atoms with E-state index in [2.05, 4.69) is 10.3 Å². The number of carbonyl (C=O) groups excluding carboxylic acids is 1. The van der Waals surface area contributed by atoms with Crippen molar-refractivity contribution in [3.8, 4) is 11.3 Å². The van der Waals surface area contributed by atoms with Crippen LogP contribution in [0.5, 0.6) is 0 Å². The van der Waals surface area contributed by atoms with Gasteiger partial charge in [0.1, 0.15) is 0 Å². The summed E-state index contributed by atoms with van der Waals surface area (Å²) < 4.78 is 5.48. The van der Waals surface area contributed by atoms with Crippen molar-refractivity contribution in [1.29, 1.82) is 0 Å². The summed E-state index contributed by atoms with van der Waals surface area (Å²) in [5.74, 6) is 0.00311.